The first-order valence-electron chi connectivity index (χ1n) is 6.57. The second kappa shape index (κ2) is 5.58. The molecule has 0 aliphatic heterocycles. The van der Waals surface area contributed by atoms with E-state index in [1.54, 1.807) is 18.6 Å². The minimum atomic E-state index is 0.375. The zero-order chi connectivity index (χ0) is 14.7. The summed E-state index contributed by atoms with van der Waals surface area (Å²) in [5.74, 6) is 0.375. The molecule has 5 nitrogen and oxygen atoms in total. The first-order valence-corrected chi connectivity index (χ1v) is 6.57. The number of aromatic nitrogens is 3. The Morgan fingerprint density at radius 3 is 2.57 bits per heavy atom. The Balaban J connectivity index is 1.92. The lowest BCUT2D eigenvalue weighted by Crippen LogP contribution is -2.02. The minimum Gasteiger partial charge on any atom is -0.396 e. The molecule has 0 bridgehead atoms. The van der Waals surface area contributed by atoms with E-state index >= 15 is 0 Å². The zero-order valence-corrected chi connectivity index (χ0v) is 11.4. The molecule has 0 amide bonds. The Morgan fingerprint density at radius 2 is 1.76 bits per heavy atom. The molecule has 2 aromatic heterocycles. The zero-order valence-electron chi connectivity index (χ0n) is 11.4. The van der Waals surface area contributed by atoms with Crippen LogP contribution in [0.1, 0.15) is 11.1 Å². The van der Waals surface area contributed by atoms with Crippen LogP contribution in [0.5, 0.6) is 0 Å². The molecule has 4 N–H and O–H groups in total. The van der Waals surface area contributed by atoms with Gasteiger partial charge in [-0.15, -0.1) is 0 Å². The van der Waals surface area contributed by atoms with Gasteiger partial charge in [0.15, 0.2) is 0 Å². The molecule has 0 saturated heterocycles. The Hall–Kier alpha value is -2.95. The van der Waals surface area contributed by atoms with Gasteiger partial charge in [-0.3, -0.25) is 0 Å². The molecular formula is C16H15N5. The van der Waals surface area contributed by atoms with E-state index in [1.165, 1.54) is 6.33 Å². The molecule has 0 aliphatic carbocycles. The molecule has 3 rings (SSSR count). The summed E-state index contributed by atoms with van der Waals surface area (Å²) >= 11 is 0. The fraction of sp³-hybridized carbons (Fsp3) is 0.0625. The second-order valence-corrected chi connectivity index (χ2v) is 4.77. The number of anilines is 2. The van der Waals surface area contributed by atoms with E-state index in [0.29, 0.717) is 17.9 Å². The number of rotatable bonds is 3. The number of nitrogens with two attached hydrogens (primary N) is 2. The largest absolute Gasteiger partial charge is 0.396 e. The van der Waals surface area contributed by atoms with E-state index < -0.39 is 0 Å². The first kappa shape index (κ1) is 13.1. The van der Waals surface area contributed by atoms with Crippen molar-refractivity contribution in [1.82, 2.24) is 15.0 Å². The molecule has 3 aromatic rings. The molecule has 0 aliphatic rings. The van der Waals surface area contributed by atoms with Crippen LogP contribution in [0.3, 0.4) is 0 Å². The van der Waals surface area contributed by atoms with Crippen LogP contribution in [0.4, 0.5) is 11.5 Å². The SMILES string of the molecule is Nc1nccc(Cc2cccc(-c3cncnc3)c2)c1N. The van der Waals surface area contributed by atoms with Gasteiger partial charge in [0.2, 0.25) is 0 Å². The predicted molar refractivity (Wildman–Crippen MR) is 83.3 cm³/mol. The summed E-state index contributed by atoms with van der Waals surface area (Å²) < 4.78 is 0. The lowest BCUT2D eigenvalue weighted by atomic mass is 10.0. The monoisotopic (exact) mass is 277 g/mol. The van der Waals surface area contributed by atoms with Crippen molar-refractivity contribution in [3.63, 3.8) is 0 Å². The van der Waals surface area contributed by atoms with Crippen molar-refractivity contribution in [2.45, 2.75) is 6.42 Å². The molecule has 21 heavy (non-hydrogen) atoms. The van der Waals surface area contributed by atoms with E-state index in [1.807, 2.05) is 18.2 Å². The Morgan fingerprint density at radius 1 is 0.952 bits per heavy atom. The maximum atomic E-state index is 5.97. The van der Waals surface area contributed by atoms with Crippen LogP contribution in [-0.4, -0.2) is 15.0 Å². The average Bonchev–Trinajstić information content (AvgIpc) is 2.53. The fourth-order valence-corrected chi connectivity index (χ4v) is 2.21. The first-order chi connectivity index (χ1) is 10.2. The maximum Gasteiger partial charge on any atom is 0.146 e. The second-order valence-electron chi connectivity index (χ2n) is 4.77. The highest BCUT2D eigenvalue weighted by Crippen LogP contribution is 2.23. The highest BCUT2D eigenvalue weighted by atomic mass is 14.9. The third-order valence-corrected chi connectivity index (χ3v) is 3.33. The van der Waals surface area contributed by atoms with Crippen LogP contribution >= 0.6 is 0 Å². The number of benzene rings is 1. The maximum absolute atomic E-state index is 5.97. The standard InChI is InChI=1S/C16H15N5/c17-15-13(4-5-21-16(15)18)7-11-2-1-3-12(6-11)14-8-19-10-20-9-14/h1-6,8-10H,7,17H2,(H2,18,21). The lowest BCUT2D eigenvalue weighted by molar-refractivity contribution is 1.16. The third-order valence-electron chi connectivity index (χ3n) is 3.33. The van der Waals surface area contributed by atoms with Crippen LogP contribution < -0.4 is 11.5 Å². The van der Waals surface area contributed by atoms with Gasteiger partial charge in [0.05, 0.1) is 5.69 Å². The summed E-state index contributed by atoms with van der Waals surface area (Å²) in [6.45, 7) is 0. The molecule has 0 radical (unpaired) electrons. The van der Waals surface area contributed by atoms with Gasteiger partial charge in [0.1, 0.15) is 12.1 Å². The average molecular weight is 277 g/mol. The van der Waals surface area contributed by atoms with Crippen molar-refractivity contribution in [3.05, 3.63) is 66.4 Å². The van der Waals surface area contributed by atoms with Gasteiger partial charge < -0.3 is 11.5 Å². The van der Waals surface area contributed by atoms with Gasteiger partial charge in [0, 0.05) is 24.2 Å². The normalized spacial score (nSPS) is 10.5. The van der Waals surface area contributed by atoms with Crippen LogP contribution in [0.2, 0.25) is 0 Å². The molecule has 0 unspecified atom stereocenters. The lowest BCUT2D eigenvalue weighted by Gasteiger charge is -2.09. The van der Waals surface area contributed by atoms with Crippen molar-refractivity contribution >= 4 is 11.5 Å². The number of nitrogen functional groups attached to an aromatic ring is 2. The highest BCUT2D eigenvalue weighted by molar-refractivity contribution is 5.65. The molecule has 104 valence electrons. The van der Waals surface area contributed by atoms with Crippen molar-refractivity contribution < 1.29 is 0 Å². The van der Waals surface area contributed by atoms with E-state index in [-0.39, 0.29) is 0 Å². The summed E-state index contributed by atoms with van der Waals surface area (Å²) in [6.07, 6.45) is 7.50. The number of hydrogen-bond donors (Lipinski definition) is 2. The topological polar surface area (TPSA) is 90.7 Å². The molecule has 0 atom stereocenters. The summed E-state index contributed by atoms with van der Waals surface area (Å²) in [4.78, 5) is 12.1. The van der Waals surface area contributed by atoms with E-state index in [0.717, 1.165) is 22.3 Å². The number of nitrogens with zero attached hydrogens (tertiary/aromatic N) is 3. The van der Waals surface area contributed by atoms with Crippen molar-refractivity contribution in [2.75, 3.05) is 11.5 Å². The van der Waals surface area contributed by atoms with Crippen LogP contribution in [-0.2, 0) is 6.42 Å². The van der Waals surface area contributed by atoms with Crippen molar-refractivity contribution in [2.24, 2.45) is 0 Å². The fourth-order valence-electron chi connectivity index (χ4n) is 2.21. The molecule has 0 fully saturated rings. The van der Waals surface area contributed by atoms with E-state index in [9.17, 15) is 0 Å². The predicted octanol–water partition coefficient (Wildman–Crippen LogP) is 2.29. The van der Waals surface area contributed by atoms with Gasteiger partial charge in [-0.2, -0.15) is 0 Å². The van der Waals surface area contributed by atoms with Crippen molar-refractivity contribution in [1.29, 1.82) is 0 Å². The van der Waals surface area contributed by atoms with Gasteiger partial charge in [-0.05, 0) is 29.2 Å². The minimum absolute atomic E-state index is 0.375. The summed E-state index contributed by atoms with van der Waals surface area (Å²) in [6, 6.07) is 10.1. The van der Waals surface area contributed by atoms with Gasteiger partial charge in [-0.25, -0.2) is 15.0 Å². The summed E-state index contributed by atoms with van der Waals surface area (Å²) in [5.41, 5.74) is 16.4. The quantitative estimate of drug-likeness (QED) is 0.766. The molecule has 0 spiro atoms. The number of hydrogen-bond acceptors (Lipinski definition) is 5. The highest BCUT2D eigenvalue weighted by Gasteiger charge is 2.06. The van der Waals surface area contributed by atoms with Crippen LogP contribution in [0, 0.1) is 0 Å². The van der Waals surface area contributed by atoms with E-state index in [2.05, 4.69) is 27.1 Å². The smallest absolute Gasteiger partial charge is 0.146 e. The Kier molecular flexibility index (Phi) is 3.47. The van der Waals surface area contributed by atoms with Crippen LogP contribution in [0.15, 0.2) is 55.2 Å². The van der Waals surface area contributed by atoms with Gasteiger partial charge >= 0.3 is 0 Å². The molecular weight excluding hydrogens is 262 g/mol. The molecule has 0 saturated carbocycles. The third kappa shape index (κ3) is 2.81. The molecule has 2 heterocycles. The van der Waals surface area contributed by atoms with Gasteiger partial charge in [-0.1, -0.05) is 24.3 Å². The number of pyridine rings is 1. The van der Waals surface area contributed by atoms with Gasteiger partial charge in [0.25, 0.3) is 0 Å². The van der Waals surface area contributed by atoms with Crippen molar-refractivity contribution in [3.8, 4) is 11.1 Å². The van der Waals surface area contributed by atoms with E-state index in [4.69, 9.17) is 11.5 Å². The molecule has 5 heteroatoms. The summed E-state index contributed by atoms with van der Waals surface area (Å²) in [5, 5.41) is 0. The Bertz CT molecular complexity index is 756. The molecule has 1 aromatic carbocycles. The summed E-state index contributed by atoms with van der Waals surface area (Å²) in [7, 11) is 0. The van der Waals surface area contributed by atoms with Crippen LogP contribution in [0.25, 0.3) is 11.1 Å². The Labute approximate surface area is 122 Å².